The molecular formula is C18H19FO2. The van der Waals surface area contributed by atoms with E-state index < -0.39 is 6.10 Å². The summed E-state index contributed by atoms with van der Waals surface area (Å²) in [5, 5.41) is 10.5. The Morgan fingerprint density at radius 2 is 2.10 bits per heavy atom. The van der Waals surface area contributed by atoms with Crippen molar-refractivity contribution in [2.24, 2.45) is 0 Å². The van der Waals surface area contributed by atoms with E-state index in [-0.39, 0.29) is 11.7 Å². The molecule has 3 rings (SSSR count). The molecule has 2 aromatic rings. The van der Waals surface area contributed by atoms with Crippen LogP contribution < -0.4 is 4.74 Å². The molecule has 0 bridgehead atoms. The minimum Gasteiger partial charge on any atom is -0.493 e. The first kappa shape index (κ1) is 14.1. The van der Waals surface area contributed by atoms with Crippen molar-refractivity contribution in [1.29, 1.82) is 0 Å². The number of aliphatic hydroxyl groups is 1. The molecule has 0 saturated carbocycles. The number of hydrogen-bond acceptors (Lipinski definition) is 2. The molecule has 0 spiro atoms. The maximum Gasteiger partial charge on any atom is 0.126 e. The molecule has 0 amide bonds. The van der Waals surface area contributed by atoms with Crippen LogP contribution in [0.4, 0.5) is 4.39 Å². The lowest BCUT2D eigenvalue weighted by molar-refractivity contribution is 0.145. The van der Waals surface area contributed by atoms with Crippen LogP contribution in [0, 0.1) is 12.7 Å². The lowest BCUT2D eigenvalue weighted by Gasteiger charge is -2.27. The Kier molecular flexibility index (Phi) is 3.93. The minimum absolute atomic E-state index is 0.234. The highest BCUT2D eigenvalue weighted by Gasteiger charge is 2.24. The van der Waals surface area contributed by atoms with E-state index >= 15 is 0 Å². The molecule has 2 aromatic carbocycles. The zero-order valence-corrected chi connectivity index (χ0v) is 12.1. The number of halogens is 1. The molecule has 0 saturated heterocycles. The van der Waals surface area contributed by atoms with Crippen LogP contribution in [0.15, 0.2) is 42.5 Å². The topological polar surface area (TPSA) is 29.5 Å². The fourth-order valence-corrected chi connectivity index (χ4v) is 2.94. The summed E-state index contributed by atoms with van der Waals surface area (Å²) < 4.78 is 19.0. The average Bonchev–Trinajstić information content (AvgIpc) is 2.50. The quantitative estimate of drug-likeness (QED) is 0.919. The second kappa shape index (κ2) is 5.86. The van der Waals surface area contributed by atoms with Crippen LogP contribution in [-0.2, 0) is 0 Å². The first-order valence-corrected chi connectivity index (χ1v) is 7.31. The van der Waals surface area contributed by atoms with Gasteiger partial charge in [-0.1, -0.05) is 30.3 Å². The van der Waals surface area contributed by atoms with Gasteiger partial charge in [0.15, 0.2) is 0 Å². The van der Waals surface area contributed by atoms with Crippen LogP contribution in [0.3, 0.4) is 0 Å². The van der Waals surface area contributed by atoms with Crippen molar-refractivity contribution in [3.05, 3.63) is 65.0 Å². The van der Waals surface area contributed by atoms with E-state index in [2.05, 4.69) is 6.07 Å². The second-order valence-electron chi connectivity index (χ2n) is 5.63. The predicted molar refractivity (Wildman–Crippen MR) is 80.0 cm³/mol. The summed E-state index contributed by atoms with van der Waals surface area (Å²) in [4.78, 5) is 0. The molecule has 1 N–H and O–H groups in total. The van der Waals surface area contributed by atoms with E-state index in [1.807, 2.05) is 18.2 Å². The summed E-state index contributed by atoms with van der Waals surface area (Å²) in [6, 6.07) is 12.8. The van der Waals surface area contributed by atoms with Gasteiger partial charge in [0.1, 0.15) is 11.6 Å². The number of rotatable bonds is 3. The van der Waals surface area contributed by atoms with Gasteiger partial charge in [-0.3, -0.25) is 0 Å². The Labute approximate surface area is 124 Å². The second-order valence-corrected chi connectivity index (χ2v) is 5.63. The molecule has 1 aliphatic heterocycles. The third-order valence-corrected chi connectivity index (χ3v) is 4.16. The Bertz CT molecular complexity index is 639. The normalized spacial score (nSPS) is 18.7. The van der Waals surface area contributed by atoms with Crippen LogP contribution >= 0.6 is 0 Å². The number of ether oxygens (including phenoxy) is 1. The van der Waals surface area contributed by atoms with Crippen LogP contribution in [0.5, 0.6) is 5.75 Å². The predicted octanol–water partition coefficient (Wildman–Crippen LogP) is 4.12. The van der Waals surface area contributed by atoms with E-state index in [0.29, 0.717) is 18.6 Å². The molecule has 0 radical (unpaired) electrons. The van der Waals surface area contributed by atoms with Crippen LogP contribution in [0.1, 0.15) is 41.6 Å². The lowest BCUT2D eigenvalue weighted by atomic mass is 9.86. The highest BCUT2D eigenvalue weighted by Crippen LogP contribution is 2.38. The highest BCUT2D eigenvalue weighted by atomic mass is 19.1. The molecule has 1 aliphatic rings. The standard InChI is InChI=1S/C18H19FO2/c1-12-10-14(6-7-16(12)19)17(20)11-13-8-9-21-18-5-3-2-4-15(13)18/h2-7,10,13,17,20H,8-9,11H2,1H3. The molecule has 110 valence electrons. The fraction of sp³-hybridized carbons (Fsp3) is 0.333. The zero-order valence-electron chi connectivity index (χ0n) is 12.1. The van der Waals surface area contributed by atoms with Crippen molar-refractivity contribution in [2.45, 2.75) is 31.8 Å². The van der Waals surface area contributed by atoms with Crippen molar-refractivity contribution in [1.82, 2.24) is 0 Å². The van der Waals surface area contributed by atoms with Gasteiger partial charge in [0.05, 0.1) is 12.7 Å². The number of para-hydroxylation sites is 1. The Morgan fingerprint density at radius 1 is 1.29 bits per heavy atom. The molecule has 0 aliphatic carbocycles. The van der Waals surface area contributed by atoms with E-state index in [1.165, 1.54) is 6.07 Å². The van der Waals surface area contributed by atoms with Gasteiger partial charge in [-0.2, -0.15) is 0 Å². The van der Waals surface area contributed by atoms with Crippen molar-refractivity contribution in [3.63, 3.8) is 0 Å². The molecule has 2 unspecified atom stereocenters. The molecular weight excluding hydrogens is 267 g/mol. The Hall–Kier alpha value is -1.87. The maximum atomic E-state index is 13.3. The summed E-state index contributed by atoms with van der Waals surface area (Å²) in [5.74, 6) is 0.953. The van der Waals surface area contributed by atoms with Crippen molar-refractivity contribution in [2.75, 3.05) is 6.61 Å². The molecule has 0 aromatic heterocycles. The Morgan fingerprint density at radius 3 is 2.90 bits per heavy atom. The number of aryl methyl sites for hydroxylation is 1. The maximum absolute atomic E-state index is 13.3. The van der Waals surface area contributed by atoms with Crippen LogP contribution in [0.25, 0.3) is 0 Å². The van der Waals surface area contributed by atoms with Gasteiger partial charge < -0.3 is 9.84 Å². The largest absolute Gasteiger partial charge is 0.493 e. The fourth-order valence-electron chi connectivity index (χ4n) is 2.94. The van der Waals surface area contributed by atoms with E-state index in [9.17, 15) is 9.50 Å². The third kappa shape index (κ3) is 2.93. The van der Waals surface area contributed by atoms with E-state index in [4.69, 9.17) is 4.74 Å². The van der Waals surface area contributed by atoms with Crippen LogP contribution in [-0.4, -0.2) is 11.7 Å². The van der Waals surface area contributed by atoms with Gasteiger partial charge in [-0.05, 0) is 54.5 Å². The Balaban J connectivity index is 1.79. The summed E-state index contributed by atoms with van der Waals surface area (Å²) in [6.45, 7) is 2.39. The van der Waals surface area contributed by atoms with Crippen molar-refractivity contribution >= 4 is 0 Å². The third-order valence-electron chi connectivity index (χ3n) is 4.16. The molecule has 2 atom stereocenters. The van der Waals surface area contributed by atoms with Gasteiger partial charge in [0.25, 0.3) is 0 Å². The van der Waals surface area contributed by atoms with Gasteiger partial charge in [0, 0.05) is 0 Å². The summed E-state index contributed by atoms with van der Waals surface area (Å²) in [6.07, 6.45) is 0.945. The SMILES string of the molecule is Cc1cc(C(O)CC2CCOc3ccccc32)ccc1F. The van der Waals surface area contributed by atoms with E-state index in [0.717, 1.165) is 23.3 Å². The number of hydrogen-bond donors (Lipinski definition) is 1. The monoisotopic (exact) mass is 286 g/mol. The van der Waals surface area contributed by atoms with Crippen molar-refractivity contribution < 1.29 is 14.2 Å². The van der Waals surface area contributed by atoms with Gasteiger partial charge in [-0.15, -0.1) is 0 Å². The lowest BCUT2D eigenvalue weighted by Crippen LogP contribution is -2.16. The molecule has 21 heavy (non-hydrogen) atoms. The smallest absolute Gasteiger partial charge is 0.126 e. The molecule has 3 heteroatoms. The van der Waals surface area contributed by atoms with Gasteiger partial charge in [0.2, 0.25) is 0 Å². The number of fused-ring (bicyclic) bond motifs is 1. The first-order valence-electron chi connectivity index (χ1n) is 7.31. The minimum atomic E-state index is -0.583. The number of aliphatic hydroxyl groups excluding tert-OH is 1. The first-order chi connectivity index (χ1) is 10.1. The van der Waals surface area contributed by atoms with Gasteiger partial charge >= 0.3 is 0 Å². The average molecular weight is 286 g/mol. The number of benzene rings is 2. The summed E-state index contributed by atoms with van der Waals surface area (Å²) in [5.41, 5.74) is 2.50. The highest BCUT2D eigenvalue weighted by molar-refractivity contribution is 5.38. The summed E-state index contributed by atoms with van der Waals surface area (Å²) in [7, 11) is 0. The van der Waals surface area contributed by atoms with Crippen molar-refractivity contribution in [3.8, 4) is 5.75 Å². The molecule has 0 fully saturated rings. The van der Waals surface area contributed by atoms with E-state index in [1.54, 1.807) is 19.1 Å². The van der Waals surface area contributed by atoms with Crippen LogP contribution in [0.2, 0.25) is 0 Å². The summed E-state index contributed by atoms with van der Waals surface area (Å²) >= 11 is 0. The molecule has 2 nitrogen and oxygen atoms in total. The molecule has 1 heterocycles. The van der Waals surface area contributed by atoms with Gasteiger partial charge in [-0.25, -0.2) is 4.39 Å². The zero-order chi connectivity index (χ0) is 14.8.